The number of aryl methyl sites for hydroxylation is 1. The van der Waals surface area contributed by atoms with Gasteiger partial charge in [-0.05, 0) is 42.2 Å². The third-order valence-corrected chi connectivity index (χ3v) is 4.37. The molecule has 2 heterocycles. The number of hydrogen-bond donors (Lipinski definition) is 0. The van der Waals surface area contributed by atoms with Gasteiger partial charge in [0.25, 0.3) is 5.56 Å². The van der Waals surface area contributed by atoms with Gasteiger partial charge in [-0.25, -0.2) is 9.37 Å². The number of aromatic nitrogens is 2. The maximum absolute atomic E-state index is 13.2. The van der Waals surface area contributed by atoms with Crippen LogP contribution in [0.2, 0.25) is 0 Å². The zero-order valence-electron chi connectivity index (χ0n) is 15.5. The topological polar surface area (TPSA) is 60.7 Å². The second-order valence-corrected chi connectivity index (χ2v) is 6.90. The molecule has 0 N–H and O–H groups in total. The Morgan fingerprint density at radius 1 is 1.19 bits per heavy atom. The van der Waals surface area contributed by atoms with Crippen molar-refractivity contribution in [2.45, 2.75) is 33.3 Å². The first-order valence-corrected chi connectivity index (χ1v) is 8.76. The molecular weight excluding hydrogens is 347 g/mol. The molecule has 2 aromatic heterocycles. The van der Waals surface area contributed by atoms with Crippen LogP contribution >= 0.6 is 0 Å². The van der Waals surface area contributed by atoms with E-state index in [9.17, 15) is 14.0 Å². The molecule has 0 aliphatic rings. The van der Waals surface area contributed by atoms with Crippen LogP contribution in [-0.4, -0.2) is 15.4 Å². The van der Waals surface area contributed by atoms with E-state index in [0.29, 0.717) is 16.9 Å². The van der Waals surface area contributed by atoms with E-state index in [1.165, 1.54) is 22.6 Å². The van der Waals surface area contributed by atoms with Gasteiger partial charge >= 0.3 is 5.97 Å². The molecule has 0 bridgehead atoms. The molecule has 0 saturated heterocycles. The van der Waals surface area contributed by atoms with Crippen molar-refractivity contribution in [1.29, 1.82) is 0 Å². The second-order valence-electron chi connectivity index (χ2n) is 6.90. The van der Waals surface area contributed by atoms with Gasteiger partial charge in [0.15, 0.2) is 0 Å². The van der Waals surface area contributed by atoms with Crippen LogP contribution in [-0.2, 0) is 16.1 Å². The monoisotopic (exact) mass is 368 g/mol. The van der Waals surface area contributed by atoms with Crippen molar-refractivity contribution in [3.05, 3.63) is 81.7 Å². The van der Waals surface area contributed by atoms with Gasteiger partial charge < -0.3 is 4.74 Å². The van der Waals surface area contributed by atoms with Crippen LogP contribution in [0.15, 0.2) is 53.5 Å². The van der Waals surface area contributed by atoms with E-state index in [1.807, 2.05) is 26.8 Å². The van der Waals surface area contributed by atoms with E-state index >= 15 is 0 Å². The molecule has 3 aromatic rings. The molecule has 0 aliphatic heterocycles. The molecule has 0 radical (unpaired) electrons. The van der Waals surface area contributed by atoms with Crippen molar-refractivity contribution in [3.8, 4) is 0 Å². The van der Waals surface area contributed by atoms with Gasteiger partial charge in [0.1, 0.15) is 18.1 Å². The van der Waals surface area contributed by atoms with Gasteiger partial charge in [0.2, 0.25) is 0 Å². The maximum Gasteiger partial charge on any atom is 0.314 e. The molecule has 1 aromatic carbocycles. The molecule has 5 nitrogen and oxygen atoms in total. The number of pyridine rings is 1. The molecule has 0 saturated carbocycles. The van der Waals surface area contributed by atoms with Crippen LogP contribution < -0.4 is 5.56 Å². The summed E-state index contributed by atoms with van der Waals surface area (Å²) in [6.45, 7) is 5.60. The van der Waals surface area contributed by atoms with Crippen LogP contribution in [0, 0.1) is 18.7 Å². The highest BCUT2D eigenvalue weighted by Crippen LogP contribution is 2.26. The Bertz CT molecular complexity index is 1030. The first kappa shape index (κ1) is 18.8. The van der Waals surface area contributed by atoms with E-state index < -0.39 is 11.9 Å². The quantitative estimate of drug-likeness (QED) is 0.646. The van der Waals surface area contributed by atoms with Crippen molar-refractivity contribution in [3.63, 3.8) is 0 Å². The number of hydrogen-bond acceptors (Lipinski definition) is 4. The molecule has 0 amide bonds. The van der Waals surface area contributed by atoms with E-state index in [2.05, 4.69) is 4.98 Å². The van der Waals surface area contributed by atoms with Crippen LogP contribution in [0.3, 0.4) is 0 Å². The zero-order chi connectivity index (χ0) is 19.6. The van der Waals surface area contributed by atoms with Crippen molar-refractivity contribution < 1.29 is 13.9 Å². The number of benzene rings is 1. The summed E-state index contributed by atoms with van der Waals surface area (Å²) in [5.74, 6) is -1.33. The molecule has 0 fully saturated rings. The highest BCUT2D eigenvalue weighted by atomic mass is 19.1. The van der Waals surface area contributed by atoms with Gasteiger partial charge in [0.05, 0.1) is 11.6 Å². The summed E-state index contributed by atoms with van der Waals surface area (Å²) in [5, 5.41) is 0. The van der Waals surface area contributed by atoms with Gasteiger partial charge in [0, 0.05) is 12.3 Å². The van der Waals surface area contributed by atoms with Crippen LogP contribution in [0.1, 0.15) is 36.6 Å². The number of fused-ring (bicyclic) bond motifs is 1. The Morgan fingerprint density at radius 2 is 1.89 bits per heavy atom. The fourth-order valence-corrected chi connectivity index (χ4v) is 3.03. The van der Waals surface area contributed by atoms with Crippen molar-refractivity contribution in [2.24, 2.45) is 5.92 Å². The lowest BCUT2D eigenvalue weighted by molar-refractivity contribution is -0.148. The summed E-state index contributed by atoms with van der Waals surface area (Å²) in [4.78, 5) is 29.2. The minimum absolute atomic E-state index is 0.0267. The summed E-state index contributed by atoms with van der Waals surface area (Å²) in [7, 11) is 0. The first-order chi connectivity index (χ1) is 12.8. The molecule has 0 spiro atoms. The van der Waals surface area contributed by atoms with E-state index in [0.717, 1.165) is 5.56 Å². The SMILES string of the molecule is Cc1ccc2nc(COC(=O)C(c3ccc(F)cc3)C(C)C)cc(=O)n2c1. The standard InChI is InChI=1S/C21H21FN2O3/c1-13(2)20(15-5-7-16(22)8-6-15)21(26)27-12-17-10-19(25)24-11-14(3)4-9-18(24)23-17/h4-11,13,20H,12H2,1-3H3. The lowest BCUT2D eigenvalue weighted by atomic mass is 9.88. The largest absolute Gasteiger partial charge is 0.459 e. The third-order valence-electron chi connectivity index (χ3n) is 4.37. The lowest BCUT2D eigenvalue weighted by Crippen LogP contribution is -2.22. The predicted octanol–water partition coefficient (Wildman–Crippen LogP) is 3.63. The molecular formula is C21H21FN2O3. The number of rotatable bonds is 5. The number of ether oxygens (including phenoxy) is 1. The van der Waals surface area contributed by atoms with Gasteiger partial charge in [-0.15, -0.1) is 0 Å². The Balaban J connectivity index is 1.79. The van der Waals surface area contributed by atoms with Crippen molar-refractivity contribution in [2.75, 3.05) is 0 Å². The van der Waals surface area contributed by atoms with Crippen molar-refractivity contribution >= 4 is 11.6 Å². The van der Waals surface area contributed by atoms with Gasteiger partial charge in [-0.2, -0.15) is 0 Å². The van der Waals surface area contributed by atoms with Crippen LogP contribution in [0.5, 0.6) is 0 Å². The predicted molar refractivity (Wildman–Crippen MR) is 100.0 cm³/mol. The molecule has 27 heavy (non-hydrogen) atoms. The van der Waals surface area contributed by atoms with Crippen LogP contribution in [0.25, 0.3) is 5.65 Å². The van der Waals surface area contributed by atoms with E-state index in [1.54, 1.807) is 24.4 Å². The number of halogens is 1. The Morgan fingerprint density at radius 3 is 2.56 bits per heavy atom. The first-order valence-electron chi connectivity index (χ1n) is 8.76. The molecule has 1 atom stereocenters. The smallest absolute Gasteiger partial charge is 0.314 e. The minimum Gasteiger partial charge on any atom is -0.459 e. The number of carbonyl (C=O) groups is 1. The molecule has 0 aliphatic carbocycles. The fraction of sp³-hybridized carbons (Fsp3) is 0.286. The Labute approximate surface area is 156 Å². The van der Waals surface area contributed by atoms with Gasteiger partial charge in [-0.1, -0.05) is 32.0 Å². The zero-order valence-corrected chi connectivity index (χ0v) is 15.5. The maximum atomic E-state index is 13.2. The molecule has 140 valence electrons. The summed E-state index contributed by atoms with van der Waals surface area (Å²) in [6.07, 6.45) is 1.71. The Hall–Kier alpha value is -3.02. The van der Waals surface area contributed by atoms with E-state index in [-0.39, 0.29) is 23.9 Å². The molecule has 6 heteroatoms. The summed E-state index contributed by atoms with van der Waals surface area (Å²) in [5.41, 5.74) is 2.30. The minimum atomic E-state index is -0.519. The lowest BCUT2D eigenvalue weighted by Gasteiger charge is -2.19. The third kappa shape index (κ3) is 4.22. The normalized spacial score (nSPS) is 12.3. The highest BCUT2D eigenvalue weighted by molar-refractivity contribution is 5.78. The summed E-state index contributed by atoms with van der Waals surface area (Å²) < 4.78 is 20.0. The van der Waals surface area contributed by atoms with E-state index in [4.69, 9.17) is 4.74 Å². The highest BCUT2D eigenvalue weighted by Gasteiger charge is 2.26. The van der Waals surface area contributed by atoms with Crippen LogP contribution in [0.4, 0.5) is 4.39 Å². The van der Waals surface area contributed by atoms with Crippen molar-refractivity contribution in [1.82, 2.24) is 9.38 Å². The molecule has 3 rings (SSSR count). The second kappa shape index (κ2) is 7.70. The average molecular weight is 368 g/mol. The fourth-order valence-electron chi connectivity index (χ4n) is 3.03. The number of carbonyl (C=O) groups excluding carboxylic acids is 1. The molecule has 1 unspecified atom stereocenters. The van der Waals surface area contributed by atoms with Gasteiger partial charge in [-0.3, -0.25) is 14.0 Å². The Kier molecular flexibility index (Phi) is 5.35. The summed E-state index contributed by atoms with van der Waals surface area (Å²) >= 11 is 0. The summed E-state index contributed by atoms with van der Waals surface area (Å²) in [6, 6.07) is 10.8. The number of nitrogens with zero attached hydrogens (tertiary/aromatic N) is 2. The number of esters is 1. The average Bonchev–Trinajstić information content (AvgIpc) is 2.62.